The highest BCUT2D eigenvalue weighted by molar-refractivity contribution is 9.11. The lowest BCUT2D eigenvalue weighted by Crippen LogP contribution is -2.56. The van der Waals surface area contributed by atoms with Crippen LogP contribution in [0.15, 0.2) is 21.2 Å². The van der Waals surface area contributed by atoms with Crippen LogP contribution in [0.25, 0.3) is 0 Å². The second-order valence-electron chi connectivity index (χ2n) is 3.12. The number of aromatic nitrogens is 1. The molecule has 1 aliphatic heterocycles. The Hall–Kier alpha value is -0.130. The molecule has 0 radical (unpaired) electrons. The summed E-state index contributed by atoms with van der Waals surface area (Å²) in [5, 5.41) is 0. The third-order valence-electron chi connectivity index (χ3n) is 2.00. The van der Waals surface area contributed by atoms with Crippen LogP contribution in [0.1, 0.15) is 0 Å². The fourth-order valence-electron chi connectivity index (χ4n) is 1.33. The highest BCUT2D eigenvalue weighted by Crippen LogP contribution is 2.28. The van der Waals surface area contributed by atoms with Crippen molar-refractivity contribution in [1.82, 2.24) is 4.98 Å². The lowest BCUT2D eigenvalue weighted by molar-refractivity contribution is 0.513. The number of pyridine rings is 1. The lowest BCUT2D eigenvalue weighted by Gasteiger charge is -2.38. The zero-order valence-electron chi connectivity index (χ0n) is 6.87. The van der Waals surface area contributed by atoms with Gasteiger partial charge in [0.05, 0.1) is 4.47 Å². The zero-order chi connectivity index (χ0) is 9.42. The van der Waals surface area contributed by atoms with Crippen molar-refractivity contribution in [2.24, 2.45) is 5.73 Å². The van der Waals surface area contributed by atoms with Gasteiger partial charge in [0, 0.05) is 29.8 Å². The Balaban J connectivity index is 2.21. The molecule has 2 N–H and O–H groups in total. The standard InChI is InChI=1S/C8H9Br2N3/c9-5-1-7(10)8(12-2-5)13-3-6(11)4-13/h1-2,6H,3-4,11H2. The first-order valence-electron chi connectivity index (χ1n) is 3.98. The maximum atomic E-state index is 5.69. The minimum atomic E-state index is 0.303. The van der Waals surface area contributed by atoms with Gasteiger partial charge in [0.1, 0.15) is 5.82 Å². The van der Waals surface area contributed by atoms with Crippen molar-refractivity contribution >= 4 is 37.7 Å². The smallest absolute Gasteiger partial charge is 0.143 e. The third-order valence-corrected chi connectivity index (χ3v) is 3.01. The molecule has 0 aromatic carbocycles. The Morgan fingerprint density at radius 1 is 1.46 bits per heavy atom. The van der Waals surface area contributed by atoms with Crippen molar-refractivity contribution in [3.8, 4) is 0 Å². The topological polar surface area (TPSA) is 42.1 Å². The van der Waals surface area contributed by atoms with Crippen LogP contribution in [-0.4, -0.2) is 24.1 Å². The molecule has 0 unspecified atom stereocenters. The van der Waals surface area contributed by atoms with E-state index in [4.69, 9.17) is 5.73 Å². The van der Waals surface area contributed by atoms with Gasteiger partial charge in [-0.3, -0.25) is 0 Å². The Kier molecular flexibility index (Phi) is 2.58. The Labute approximate surface area is 93.6 Å². The van der Waals surface area contributed by atoms with Gasteiger partial charge in [0.25, 0.3) is 0 Å². The van der Waals surface area contributed by atoms with Gasteiger partial charge in [-0.2, -0.15) is 0 Å². The van der Waals surface area contributed by atoms with Gasteiger partial charge in [-0.25, -0.2) is 4.98 Å². The van der Waals surface area contributed by atoms with E-state index in [9.17, 15) is 0 Å². The first-order valence-corrected chi connectivity index (χ1v) is 5.57. The molecule has 1 fully saturated rings. The van der Waals surface area contributed by atoms with Crippen molar-refractivity contribution in [2.45, 2.75) is 6.04 Å². The number of nitrogens with two attached hydrogens (primary N) is 1. The van der Waals surface area contributed by atoms with Gasteiger partial charge >= 0.3 is 0 Å². The highest BCUT2D eigenvalue weighted by atomic mass is 79.9. The van der Waals surface area contributed by atoms with E-state index in [2.05, 4.69) is 41.7 Å². The number of rotatable bonds is 1. The molecule has 0 amide bonds. The molecule has 2 rings (SSSR count). The molecule has 0 spiro atoms. The monoisotopic (exact) mass is 305 g/mol. The minimum Gasteiger partial charge on any atom is -0.352 e. The van der Waals surface area contributed by atoms with E-state index in [1.807, 2.05) is 6.07 Å². The second kappa shape index (κ2) is 3.55. The van der Waals surface area contributed by atoms with Crippen LogP contribution in [0.3, 0.4) is 0 Å². The molecular weight excluding hydrogens is 298 g/mol. The fourth-order valence-corrected chi connectivity index (χ4v) is 2.56. The summed E-state index contributed by atoms with van der Waals surface area (Å²) < 4.78 is 1.99. The molecule has 5 heteroatoms. The summed E-state index contributed by atoms with van der Waals surface area (Å²) in [5.41, 5.74) is 5.69. The lowest BCUT2D eigenvalue weighted by atomic mass is 10.1. The number of hydrogen-bond donors (Lipinski definition) is 1. The van der Waals surface area contributed by atoms with Crippen LogP contribution in [0.4, 0.5) is 5.82 Å². The maximum Gasteiger partial charge on any atom is 0.143 e. The van der Waals surface area contributed by atoms with Crippen molar-refractivity contribution in [2.75, 3.05) is 18.0 Å². The predicted octanol–water partition coefficient (Wildman–Crippen LogP) is 1.75. The van der Waals surface area contributed by atoms with Crippen LogP contribution < -0.4 is 10.6 Å². The molecule has 0 aliphatic carbocycles. The summed E-state index contributed by atoms with van der Waals surface area (Å²) in [6.07, 6.45) is 1.80. The number of anilines is 1. The van der Waals surface area contributed by atoms with Gasteiger partial charge in [-0.1, -0.05) is 0 Å². The van der Waals surface area contributed by atoms with E-state index in [-0.39, 0.29) is 0 Å². The fraction of sp³-hybridized carbons (Fsp3) is 0.375. The van der Waals surface area contributed by atoms with E-state index >= 15 is 0 Å². The van der Waals surface area contributed by atoms with Crippen molar-refractivity contribution in [1.29, 1.82) is 0 Å². The Morgan fingerprint density at radius 3 is 2.69 bits per heavy atom. The first kappa shape index (κ1) is 9.43. The first-order chi connectivity index (χ1) is 6.16. The maximum absolute atomic E-state index is 5.69. The van der Waals surface area contributed by atoms with Crippen LogP contribution in [0, 0.1) is 0 Å². The molecule has 1 aromatic heterocycles. The van der Waals surface area contributed by atoms with Gasteiger partial charge in [0.15, 0.2) is 0 Å². The van der Waals surface area contributed by atoms with Crippen molar-refractivity contribution in [3.63, 3.8) is 0 Å². The predicted molar refractivity (Wildman–Crippen MR) is 59.8 cm³/mol. The Bertz CT molecular complexity index is 323. The Morgan fingerprint density at radius 2 is 2.15 bits per heavy atom. The van der Waals surface area contributed by atoms with E-state index in [1.165, 1.54) is 0 Å². The largest absolute Gasteiger partial charge is 0.352 e. The SMILES string of the molecule is NC1CN(c2ncc(Br)cc2Br)C1. The quantitative estimate of drug-likeness (QED) is 0.859. The number of nitrogens with zero attached hydrogens (tertiary/aromatic N) is 2. The van der Waals surface area contributed by atoms with Gasteiger partial charge < -0.3 is 10.6 Å². The normalized spacial score (nSPS) is 17.3. The van der Waals surface area contributed by atoms with E-state index < -0.39 is 0 Å². The average molecular weight is 307 g/mol. The van der Waals surface area contributed by atoms with Crippen molar-refractivity contribution in [3.05, 3.63) is 21.2 Å². The molecule has 1 aromatic rings. The average Bonchev–Trinajstić information content (AvgIpc) is 2.00. The highest BCUT2D eigenvalue weighted by Gasteiger charge is 2.25. The van der Waals surface area contributed by atoms with Crippen LogP contribution in [0.2, 0.25) is 0 Å². The van der Waals surface area contributed by atoms with E-state index in [0.29, 0.717) is 6.04 Å². The molecule has 0 bridgehead atoms. The minimum absolute atomic E-state index is 0.303. The summed E-state index contributed by atoms with van der Waals surface area (Å²) >= 11 is 6.83. The number of halogens is 2. The molecule has 1 aliphatic rings. The molecular formula is C8H9Br2N3. The molecule has 0 atom stereocenters. The molecule has 13 heavy (non-hydrogen) atoms. The molecule has 70 valence electrons. The summed E-state index contributed by atoms with van der Waals surface area (Å²) in [5.74, 6) is 0.977. The van der Waals surface area contributed by atoms with Crippen LogP contribution in [-0.2, 0) is 0 Å². The van der Waals surface area contributed by atoms with Gasteiger partial charge in [-0.05, 0) is 37.9 Å². The second-order valence-corrected chi connectivity index (χ2v) is 4.89. The van der Waals surface area contributed by atoms with E-state index in [0.717, 1.165) is 27.9 Å². The van der Waals surface area contributed by atoms with Gasteiger partial charge in [-0.15, -0.1) is 0 Å². The summed E-state index contributed by atoms with van der Waals surface area (Å²) in [6.45, 7) is 1.79. The van der Waals surface area contributed by atoms with E-state index in [1.54, 1.807) is 6.20 Å². The zero-order valence-corrected chi connectivity index (χ0v) is 10.0. The summed E-state index contributed by atoms with van der Waals surface area (Å²) in [7, 11) is 0. The van der Waals surface area contributed by atoms with Crippen molar-refractivity contribution < 1.29 is 0 Å². The molecule has 2 heterocycles. The van der Waals surface area contributed by atoms with Gasteiger partial charge in [0.2, 0.25) is 0 Å². The molecule has 1 saturated heterocycles. The molecule has 0 saturated carbocycles. The summed E-state index contributed by atoms with van der Waals surface area (Å²) in [4.78, 5) is 6.46. The van der Waals surface area contributed by atoms with Crippen LogP contribution >= 0.6 is 31.9 Å². The van der Waals surface area contributed by atoms with Crippen LogP contribution in [0.5, 0.6) is 0 Å². The number of hydrogen-bond acceptors (Lipinski definition) is 3. The summed E-state index contributed by atoms with van der Waals surface area (Å²) in [6, 6.07) is 2.30. The molecule has 3 nitrogen and oxygen atoms in total. The third kappa shape index (κ3) is 1.87.